The molecule has 4 amide bonds. The first kappa shape index (κ1) is 21.2. The Labute approximate surface area is 186 Å². The summed E-state index contributed by atoms with van der Waals surface area (Å²) in [7, 11) is 1.71. The molecule has 0 aliphatic carbocycles. The number of furan rings is 1. The molecule has 1 aliphatic heterocycles. The van der Waals surface area contributed by atoms with Gasteiger partial charge in [0.1, 0.15) is 0 Å². The Bertz CT molecular complexity index is 1090. The number of rotatable bonds is 4. The van der Waals surface area contributed by atoms with Gasteiger partial charge in [0.2, 0.25) is 0 Å². The quantitative estimate of drug-likeness (QED) is 0.683. The number of carbonyl (C=O) groups excluding carboxylic acids is 3. The van der Waals surface area contributed by atoms with Crippen molar-refractivity contribution < 1.29 is 18.8 Å². The first-order valence-corrected chi connectivity index (χ1v) is 10.3. The van der Waals surface area contributed by atoms with E-state index in [1.807, 2.05) is 30.3 Å². The number of nitrogens with zero attached hydrogens (tertiary/aromatic N) is 3. The minimum absolute atomic E-state index is 0.169. The molecule has 0 unspecified atom stereocenters. The van der Waals surface area contributed by atoms with E-state index in [0.717, 1.165) is 5.69 Å². The smallest absolute Gasteiger partial charge is 0.321 e. The Morgan fingerprint density at radius 3 is 2.28 bits per heavy atom. The fraction of sp³-hybridized carbons (Fsp3) is 0.208. The first-order valence-electron chi connectivity index (χ1n) is 10.3. The van der Waals surface area contributed by atoms with Crippen molar-refractivity contribution in [3.63, 3.8) is 0 Å². The largest absolute Gasteiger partial charge is 0.459 e. The van der Waals surface area contributed by atoms with Crippen LogP contribution in [0.5, 0.6) is 0 Å². The molecule has 1 N–H and O–H groups in total. The van der Waals surface area contributed by atoms with Gasteiger partial charge < -0.3 is 24.4 Å². The maximum absolute atomic E-state index is 12.8. The Kier molecular flexibility index (Phi) is 6.21. The van der Waals surface area contributed by atoms with Crippen LogP contribution in [0.2, 0.25) is 0 Å². The molecule has 0 spiro atoms. The van der Waals surface area contributed by atoms with E-state index in [-0.39, 0.29) is 17.8 Å². The summed E-state index contributed by atoms with van der Waals surface area (Å²) in [5.74, 6) is -0.0500. The number of urea groups is 1. The zero-order valence-electron chi connectivity index (χ0n) is 17.7. The number of nitrogens with one attached hydrogen (secondary N) is 1. The second-order valence-corrected chi connectivity index (χ2v) is 7.47. The van der Waals surface area contributed by atoms with Gasteiger partial charge in [-0.15, -0.1) is 0 Å². The van der Waals surface area contributed by atoms with Crippen molar-refractivity contribution in [1.29, 1.82) is 0 Å². The zero-order chi connectivity index (χ0) is 22.5. The van der Waals surface area contributed by atoms with Crippen molar-refractivity contribution in [1.82, 2.24) is 9.80 Å². The first-order chi connectivity index (χ1) is 15.5. The molecular weight excluding hydrogens is 408 g/mol. The third kappa shape index (κ3) is 4.64. The number of hydrogen-bond donors (Lipinski definition) is 1. The summed E-state index contributed by atoms with van der Waals surface area (Å²) in [5, 5.41) is 2.85. The van der Waals surface area contributed by atoms with Gasteiger partial charge in [0.15, 0.2) is 5.76 Å². The molecule has 1 saturated heterocycles. The van der Waals surface area contributed by atoms with Crippen molar-refractivity contribution in [2.45, 2.75) is 0 Å². The van der Waals surface area contributed by atoms with Gasteiger partial charge in [0.25, 0.3) is 11.8 Å². The molecule has 4 rings (SSSR count). The minimum Gasteiger partial charge on any atom is -0.459 e. The van der Waals surface area contributed by atoms with Crippen molar-refractivity contribution >= 4 is 29.2 Å². The van der Waals surface area contributed by atoms with Crippen molar-refractivity contribution in [2.24, 2.45) is 0 Å². The normalized spacial score (nSPS) is 13.5. The van der Waals surface area contributed by atoms with Crippen LogP contribution in [-0.2, 0) is 0 Å². The lowest BCUT2D eigenvalue weighted by molar-refractivity contribution is 0.0640. The highest BCUT2D eigenvalue weighted by molar-refractivity contribution is 6.06. The zero-order valence-corrected chi connectivity index (χ0v) is 17.7. The molecule has 8 heteroatoms. The van der Waals surface area contributed by atoms with Gasteiger partial charge in [-0.3, -0.25) is 9.59 Å². The number of piperazine rings is 1. The number of anilines is 2. The van der Waals surface area contributed by atoms with Crippen LogP contribution in [-0.4, -0.2) is 60.9 Å². The molecule has 2 heterocycles. The van der Waals surface area contributed by atoms with Gasteiger partial charge >= 0.3 is 6.03 Å². The molecule has 8 nitrogen and oxygen atoms in total. The van der Waals surface area contributed by atoms with E-state index in [1.54, 1.807) is 58.1 Å². The van der Waals surface area contributed by atoms with Crippen LogP contribution in [0, 0.1) is 0 Å². The number of benzene rings is 2. The summed E-state index contributed by atoms with van der Waals surface area (Å²) in [6.45, 7) is 1.67. The maximum Gasteiger partial charge on any atom is 0.321 e. The lowest BCUT2D eigenvalue weighted by Crippen LogP contribution is -2.51. The van der Waals surface area contributed by atoms with E-state index in [2.05, 4.69) is 5.32 Å². The van der Waals surface area contributed by atoms with Crippen LogP contribution in [0.3, 0.4) is 0 Å². The molecule has 1 fully saturated rings. The highest BCUT2D eigenvalue weighted by Gasteiger charge is 2.26. The summed E-state index contributed by atoms with van der Waals surface area (Å²) in [4.78, 5) is 42.8. The van der Waals surface area contributed by atoms with E-state index >= 15 is 0 Å². The van der Waals surface area contributed by atoms with Crippen molar-refractivity contribution in [2.75, 3.05) is 43.4 Å². The van der Waals surface area contributed by atoms with Gasteiger partial charge in [-0.05, 0) is 42.5 Å². The number of hydrogen-bond acceptors (Lipinski definition) is 4. The summed E-state index contributed by atoms with van der Waals surface area (Å²) in [5.41, 5.74) is 1.80. The fourth-order valence-electron chi connectivity index (χ4n) is 3.56. The highest BCUT2D eigenvalue weighted by atomic mass is 16.3. The van der Waals surface area contributed by atoms with Crippen LogP contribution in [0.15, 0.2) is 77.4 Å². The summed E-state index contributed by atoms with van der Waals surface area (Å²) in [6, 6.07) is 19.3. The highest BCUT2D eigenvalue weighted by Crippen LogP contribution is 2.18. The van der Waals surface area contributed by atoms with E-state index in [0.29, 0.717) is 43.2 Å². The average molecular weight is 432 g/mol. The van der Waals surface area contributed by atoms with Crippen molar-refractivity contribution in [3.05, 3.63) is 84.3 Å². The maximum atomic E-state index is 12.8. The molecule has 0 bridgehead atoms. The predicted molar refractivity (Wildman–Crippen MR) is 121 cm³/mol. The monoisotopic (exact) mass is 432 g/mol. The fourth-order valence-corrected chi connectivity index (χ4v) is 3.56. The molecule has 0 saturated carbocycles. The molecule has 1 aliphatic rings. The van der Waals surface area contributed by atoms with E-state index in [9.17, 15) is 14.4 Å². The summed E-state index contributed by atoms with van der Waals surface area (Å²) >= 11 is 0. The summed E-state index contributed by atoms with van der Waals surface area (Å²) in [6.07, 6.45) is 1.47. The predicted octanol–water partition coefficient (Wildman–Crippen LogP) is 3.55. The van der Waals surface area contributed by atoms with E-state index < -0.39 is 0 Å². The van der Waals surface area contributed by atoms with Gasteiger partial charge in [0, 0.05) is 50.2 Å². The summed E-state index contributed by atoms with van der Waals surface area (Å²) < 4.78 is 5.16. The molecule has 3 aromatic rings. The van der Waals surface area contributed by atoms with Crippen LogP contribution in [0.4, 0.5) is 16.2 Å². The third-order valence-corrected chi connectivity index (χ3v) is 5.39. The third-order valence-electron chi connectivity index (χ3n) is 5.39. The molecule has 2 aromatic carbocycles. The molecule has 1 aromatic heterocycles. The van der Waals surface area contributed by atoms with E-state index in [1.165, 1.54) is 6.26 Å². The number of para-hydroxylation sites is 1. The molecule has 0 radical (unpaired) electrons. The SMILES string of the molecule is CN(C(=O)c1cccc(NC(=O)N2CCN(C(=O)c3ccco3)CC2)c1)c1ccccc1. The number of carbonyl (C=O) groups is 3. The second-order valence-electron chi connectivity index (χ2n) is 7.47. The van der Waals surface area contributed by atoms with Crippen LogP contribution in [0.25, 0.3) is 0 Å². The Balaban J connectivity index is 1.35. The molecule has 164 valence electrons. The van der Waals surface area contributed by atoms with Gasteiger partial charge in [0.05, 0.1) is 6.26 Å². The average Bonchev–Trinajstić information content (AvgIpc) is 3.38. The standard InChI is InChI=1S/C24H24N4O4/c1-26(20-9-3-2-4-10-20)22(29)18-7-5-8-19(17-18)25-24(31)28-14-12-27(13-15-28)23(30)21-11-6-16-32-21/h2-11,16-17H,12-15H2,1H3,(H,25,31). The minimum atomic E-state index is -0.267. The van der Waals surface area contributed by atoms with Crippen LogP contribution >= 0.6 is 0 Å². The van der Waals surface area contributed by atoms with Crippen LogP contribution < -0.4 is 10.2 Å². The van der Waals surface area contributed by atoms with E-state index in [4.69, 9.17) is 4.42 Å². The van der Waals surface area contributed by atoms with Crippen LogP contribution in [0.1, 0.15) is 20.9 Å². The molecular formula is C24H24N4O4. The second kappa shape index (κ2) is 9.38. The number of amides is 4. The van der Waals surface area contributed by atoms with Crippen molar-refractivity contribution in [3.8, 4) is 0 Å². The lowest BCUT2D eigenvalue weighted by atomic mass is 10.1. The Hall–Kier alpha value is -4.07. The van der Waals surface area contributed by atoms with Gasteiger partial charge in [-0.1, -0.05) is 24.3 Å². The molecule has 0 atom stereocenters. The Morgan fingerprint density at radius 2 is 1.59 bits per heavy atom. The van der Waals surface area contributed by atoms with Gasteiger partial charge in [-0.2, -0.15) is 0 Å². The molecule has 32 heavy (non-hydrogen) atoms. The van der Waals surface area contributed by atoms with Gasteiger partial charge in [-0.25, -0.2) is 4.79 Å². The topological polar surface area (TPSA) is 86.1 Å². The lowest BCUT2D eigenvalue weighted by Gasteiger charge is -2.34. The Morgan fingerprint density at radius 1 is 0.875 bits per heavy atom.